The molecule has 0 aliphatic carbocycles. The van der Waals surface area contributed by atoms with Gasteiger partial charge in [0.15, 0.2) is 11.0 Å². The second kappa shape index (κ2) is 10.1. The van der Waals surface area contributed by atoms with E-state index in [1.807, 2.05) is 28.8 Å². The summed E-state index contributed by atoms with van der Waals surface area (Å²) >= 11 is 1.29. The van der Waals surface area contributed by atoms with Gasteiger partial charge in [-0.25, -0.2) is 4.79 Å². The van der Waals surface area contributed by atoms with Crippen molar-refractivity contribution in [2.45, 2.75) is 25.5 Å². The fourth-order valence-electron chi connectivity index (χ4n) is 2.94. The summed E-state index contributed by atoms with van der Waals surface area (Å²) in [6, 6.07) is 13.7. The lowest BCUT2D eigenvalue weighted by Crippen LogP contribution is -2.15. The Balaban J connectivity index is 1.73. The lowest BCUT2D eigenvalue weighted by Gasteiger charge is -2.13. The van der Waals surface area contributed by atoms with Gasteiger partial charge in [0.05, 0.1) is 18.4 Å². The van der Waals surface area contributed by atoms with E-state index in [4.69, 9.17) is 9.84 Å². The van der Waals surface area contributed by atoms with E-state index in [1.54, 1.807) is 19.2 Å². The smallest absolute Gasteiger partial charge is 0.335 e. The van der Waals surface area contributed by atoms with Gasteiger partial charge in [-0.05, 0) is 48.4 Å². The van der Waals surface area contributed by atoms with Gasteiger partial charge >= 0.3 is 5.97 Å². The topological polar surface area (TPSA) is 106 Å². The van der Waals surface area contributed by atoms with Crippen LogP contribution in [0.1, 0.15) is 24.2 Å². The number of thioether (sulfide) groups is 1. The molecule has 0 radical (unpaired) electrons. The second-order valence-corrected chi connectivity index (χ2v) is 8.20. The summed E-state index contributed by atoms with van der Waals surface area (Å²) < 4.78 is 7.22. The Labute approximate surface area is 184 Å². The summed E-state index contributed by atoms with van der Waals surface area (Å²) in [5.41, 5.74) is 1.47. The minimum atomic E-state index is -1.04. The zero-order valence-electron chi connectivity index (χ0n) is 17.5. The molecule has 0 atom stereocenters. The van der Waals surface area contributed by atoms with Crippen LogP contribution in [0.4, 0.5) is 5.69 Å². The second-order valence-electron chi connectivity index (χ2n) is 7.26. The summed E-state index contributed by atoms with van der Waals surface area (Å²) in [7, 11) is 1.62. The van der Waals surface area contributed by atoms with Crippen LogP contribution in [0.25, 0.3) is 11.4 Å². The third kappa shape index (κ3) is 5.85. The number of benzene rings is 2. The number of carboxylic acids is 1. The highest BCUT2D eigenvalue weighted by Crippen LogP contribution is 2.26. The van der Waals surface area contributed by atoms with Gasteiger partial charge in [-0.3, -0.25) is 4.79 Å². The number of anilines is 1. The maximum atomic E-state index is 12.4. The van der Waals surface area contributed by atoms with E-state index < -0.39 is 5.97 Å². The zero-order valence-corrected chi connectivity index (χ0v) is 18.3. The van der Waals surface area contributed by atoms with E-state index in [0.29, 0.717) is 23.3 Å². The molecule has 2 N–H and O–H groups in total. The van der Waals surface area contributed by atoms with Crippen molar-refractivity contribution < 1.29 is 19.4 Å². The lowest BCUT2D eigenvalue weighted by molar-refractivity contribution is -0.113. The van der Waals surface area contributed by atoms with Crippen LogP contribution < -0.4 is 10.1 Å². The first-order chi connectivity index (χ1) is 14.9. The first-order valence-electron chi connectivity index (χ1n) is 9.71. The summed E-state index contributed by atoms with van der Waals surface area (Å²) in [6.45, 7) is 4.92. The van der Waals surface area contributed by atoms with Crippen molar-refractivity contribution in [1.82, 2.24) is 14.8 Å². The number of aromatic nitrogens is 3. The molecule has 9 heteroatoms. The SMILES string of the molecule is COc1ccc(-c2nnc(SCC(=O)Nc3cccc(C(=O)O)c3)n2CC(C)C)cc1. The highest BCUT2D eigenvalue weighted by atomic mass is 32.2. The molecular weight excluding hydrogens is 416 g/mol. The molecule has 3 rings (SSSR count). The van der Waals surface area contributed by atoms with Gasteiger partial charge in [0.1, 0.15) is 5.75 Å². The zero-order chi connectivity index (χ0) is 22.4. The predicted octanol–water partition coefficient (Wildman–Crippen LogP) is 4.04. The van der Waals surface area contributed by atoms with Crippen molar-refractivity contribution in [2.24, 2.45) is 5.92 Å². The van der Waals surface area contributed by atoms with Crippen LogP contribution in [0.5, 0.6) is 5.75 Å². The summed E-state index contributed by atoms with van der Waals surface area (Å²) in [5, 5.41) is 21.1. The Morgan fingerprint density at radius 1 is 1.16 bits per heavy atom. The predicted molar refractivity (Wildman–Crippen MR) is 120 cm³/mol. The average molecular weight is 441 g/mol. The monoisotopic (exact) mass is 440 g/mol. The number of ether oxygens (including phenoxy) is 1. The van der Waals surface area contributed by atoms with Gasteiger partial charge in [-0.1, -0.05) is 31.7 Å². The van der Waals surface area contributed by atoms with Crippen LogP contribution >= 0.6 is 11.8 Å². The largest absolute Gasteiger partial charge is 0.497 e. The number of carbonyl (C=O) groups excluding carboxylic acids is 1. The fourth-order valence-corrected chi connectivity index (χ4v) is 3.68. The van der Waals surface area contributed by atoms with Crippen LogP contribution in [0, 0.1) is 5.92 Å². The standard InChI is InChI=1S/C22H24N4O4S/c1-14(2)12-26-20(15-7-9-18(30-3)10-8-15)24-25-22(26)31-13-19(27)23-17-6-4-5-16(11-17)21(28)29/h4-11,14H,12-13H2,1-3H3,(H,23,27)(H,28,29). The Kier molecular flexibility index (Phi) is 7.30. The number of aromatic carboxylic acids is 1. The molecule has 162 valence electrons. The molecule has 0 aliphatic rings. The van der Waals surface area contributed by atoms with E-state index in [2.05, 4.69) is 29.4 Å². The van der Waals surface area contributed by atoms with Gasteiger partial charge in [0.2, 0.25) is 5.91 Å². The first kappa shape index (κ1) is 22.4. The number of nitrogens with one attached hydrogen (secondary N) is 1. The van der Waals surface area contributed by atoms with Crippen molar-refractivity contribution in [1.29, 1.82) is 0 Å². The molecule has 31 heavy (non-hydrogen) atoms. The number of nitrogens with zero attached hydrogens (tertiary/aromatic N) is 3. The number of rotatable bonds is 9. The first-order valence-corrected chi connectivity index (χ1v) is 10.7. The molecule has 0 saturated carbocycles. The molecule has 1 amide bonds. The number of hydrogen-bond donors (Lipinski definition) is 2. The molecule has 2 aromatic carbocycles. The quantitative estimate of drug-likeness (QED) is 0.484. The Hall–Kier alpha value is -3.33. The molecule has 3 aromatic rings. The summed E-state index contributed by atoms with van der Waals surface area (Å²) in [5.74, 6) is 0.678. The number of carbonyl (C=O) groups is 2. The Bertz CT molecular complexity index is 1060. The molecule has 0 aliphatic heterocycles. The van der Waals surface area contributed by atoms with Gasteiger partial charge in [0.25, 0.3) is 0 Å². The molecule has 0 bridgehead atoms. The summed E-state index contributed by atoms with van der Waals surface area (Å²) in [6.07, 6.45) is 0. The Morgan fingerprint density at radius 2 is 1.90 bits per heavy atom. The van der Waals surface area contributed by atoms with Gasteiger partial charge in [-0.2, -0.15) is 0 Å². The van der Waals surface area contributed by atoms with Crippen molar-refractivity contribution in [3.8, 4) is 17.1 Å². The molecule has 8 nitrogen and oxygen atoms in total. The molecule has 0 spiro atoms. The van der Waals surface area contributed by atoms with Crippen LogP contribution in [0.3, 0.4) is 0 Å². The van der Waals surface area contributed by atoms with Gasteiger partial charge < -0.3 is 19.7 Å². The molecule has 1 aromatic heterocycles. The van der Waals surface area contributed by atoms with E-state index in [0.717, 1.165) is 17.1 Å². The Morgan fingerprint density at radius 3 is 2.55 bits per heavy atom. The highest BCUT2D eigenvalue weighted by molar-refractivity contribution is 7.99. The van der Waals surface area contributed by atoms with Crippen LogP contribution in [0.2, 0.25) is 0 Å². The maximum absolute atomic E-state index is 12.4. The average Bonchev–Trinajstić information content (AvgIpc) is 3.14. The third-order valence-electron chi connectivity index (χ3n) is 4.34. The van der Waals surface area contributed by atoms with Crippen molar-refractivity contribution in [3.63, 3.8) is 0 Å². The molecule has 0 fully saturated rings. The maximum Gasteiger partial charge on any atom is 0.335 e. The molecule has 0 unspecified atom stereocenters. The molecular formula is C22H24N4O4S. The fraction of sp³-hybridized carbons (Fsp3) is 0.273. The minimum Gasteiger partial charge on any atom is -0.497 e. The van der Waals surface area contributed by atoms with Crippen molar-refractivity contribution in [3.05, 3.63) is 54.1 Å². The van der Waals surface area contributed by atoms with Crippen molar-refractivity contribution >= 4 is 29.3 Å². The van der Waals surface area contributed by atoms with E-state index in [1.165, 1.54) is 23.9 Å². The van der Waals surface area contributed by atoms with E-state index in [9.17, 15) is 9.59 Å². The number of methoxy groups -OCH3 is 1. The molecule has 1 heterocycles. The highest BCUT2D eigenvalue weighted by Gasteiger charge is 2.17. The number of hydrogen-bond acceptors (Lipinski definition) is 6. The number of amides is 1. The number of carboxylic acid groups (broad SMARTS) is 1. The van der Waals surface area contributed by atoms with Crippen LogP contribution in [-0.2, 0) is 11.3 Å². The molecule has 0 saturated heterocycles. The lowest BCUT2D eigenvalue weighted by atomic mass is 10.2. The minimum absolute atomic E-state index is 0.117. The van der Waals surface area contributed by atoms with E-state index in [-0.39, 0.29) is 17.2 Å². The van der Waals surface area contributed by atoms with Crippen molar-refractivity contribution in [2.75, 3.05) is 18.2 Å². The third-order valence-corrected chi connectivity index (χ3v) is 5.31. The van der Waals surface area contributed by atoms with Crippen LogP contribution in [-0.4, -0.2) is 44.6 Å². The van der Waals surface area contributed by atoms with Gasteiger partial charge in [-0.15, -0.1) is 10.2 Å². The summed E-state index contributed by atoms with van der Waals surface area (Å²) in [4.78, 5) is 23.5. The normalized spacial score (nSPS) is 10.8. The van der Waals surface area contributed by atoms with Crippen LogP contribution in [0.15, 0.2) is 53.7 Å². The van der Waals surface area contributed by atoms with E-state index >= 15 is 0 Å². The van der Waals surface area contributed by atoms with Gasteiger partial charge in [0, 0.05) is 17.8 Å².